The molecule has 31 heavy (non-hydrogen) atoms. The fourth-order valence-corrected chi connectivity index (χ4v) is 7.24. The molecule has 0 aromatic carbocycles. The maximum absolute atomic E-state index is 9.53. The second kappa shape index (κ2) is 24.6. The van der Waals surface area contributed by atoms with E-state index in [-0.39, 0.29) is 0 Å². The Labute approximate surface area is 212 Å². The van der Waals surface area contributed by atoms with Gasteiger partial charge in [-0.25, -0.2) is 0 Å². The first kappa shape index (κ1) is 37.1. The van der Waals surface area contributed by atoms with Gasteiger partial charge in [0.1, 0.15) is 0 Å². The van der Waals surface area contributed by atoms with Crippen LogP contribution < -0.4 is 10.2 Å². The Morgan fingerprint density at radius 3 is 1.58 bits per heavy atom. The summed E-state index contributed by atoms with van der Waals surface area (Å²) in [6.45, 7) is 22.0. The predicted molar refractivity (Wildman–Crippen MR) is 141 cm³/mol. The van der Waals surface area contributed by atoms with Gasteiger partial charge in [-0.15, -0.1) is 20.8 Å². The second-order valence-electron chi connectivity index (χ2n) is 10.0. The summed E-state index contributed by atoms with van der Waals surface area (Å²) in [7, 11) is 1.24. The van der Waals surface area contributed by atoms with Crippen molar-refractivity contribution in [2.45, 2.75) is 138 Å². The Kier molecular flexibility index (Phi) is 29.4. The van der Waals surface area contributed by atoms with E-state index in [0.717, 1.165) is 24.1 Å². The molecule has 0 radical (unpaired) electrons. The topological polar surface area (TPSA) is 46.1 Å². The Morgan fingerprint density at radius 1 is 0.839 bits per heavy atom. The van der Waals surface area contributed by atoms with Crippen LogP contribution in [0.5, 0.6) is 0 Å². The van der Waals surface area contributed by atoms with Crippen LogP contribution in [0.3, 0.4) is 0 Å². The van der Waals surface area contributed by atoms with Gasteiger partial charge in [0.25, 0.3) is 0 Å². The Balaban J connectivity index is -0.000000458. The summed E-state index contributed by atoms with van der Waals surface area (Å²) in [4.78, 5) is 0. The van der Waals surface area contributed by atoms with Gasteiger partial charge in [-0.3, -0.25) is 0 Å². The molecule has 0 spiro atoms. The standard InChI is InChI=1S/C16H33P.C4H10P.2C3H7O.Ti/c1-6-7-11-17-15-9-8-10-16(12-15,13(2)3)14(4)5;1-2-3-4-5;2*1-3(2)4;/h13-15,17H,6-12H2,1-5H3;5H,2-4H2,1H3;2*3H,1-2H3;/q;3*-1;+3. The second-order valence-corrected chi connectivity index (χ2v) is 14.3. The molecule has 3 unspecified atom stereocenters. The molecule has 0 amide bonds. The Bertz CT molecular complexity index is 327. The van der Waals surface area contributed by atoms with Crippen molar-refractivity contribution in [3.05, 3.63) is 0 Å². The maximum atomic E-state index is 9.53. The Hall–Kier alpha value is 1.49. The van der Waals surface area contributed by atoms with Crippen molar-refractivity contribution in [3.8, 4) is 0 Å². The van der Waals surface area contributed by atoms with E-state index in [2.05, 4.69) is 61.5 Å². The summed E-state index contributed by atoms with van der Waals surface area (Å²) in [6, 6.07) is 0. The number of unbranched alkanes of at least 4 members (excludes halogenated alkanes) is 2. The molecule has 0 aliphatic heterocycles. The van der Waals surface area contributed by atoms with Crippen molar-refractivity contribution in [2.75, 3.05) is 12.3 Å². The van der Waals surface area contributed by atoms with Gasteiger partial charge < -0.3 is 10.2 Å². The van der Waals surface area contributed by atoms with Crippen LogP contribution in [0, 0.1) is 17.3 Å². The SMILES string of the molecule is CC(C)[O-].CC(C)[O-].CCCCPC1CCCC(C(C)C)(C(C)C)C1.CCCC[PH][Ti+2]. The average molecular weight is 512 g/mol. The van der Waals surface area contributed by atoms with Crippen LogP contribution in [0.2, 0.25) is 0 Å². The molecule has 5 heteroatoms. The average Bonchev–Trinajstić information content (AvgIpc) is 2.66. The van der Waals surface area contributed by atoms with Gasteiger partial charge in [-0.1, -0.05) is 75.2 Å². The van der Waals surface area contributed by atoms with Gasteiger partial charge in [-0.05, 0) is 54.8 Å². The normalized spacial score (nSPS) is 18.3. The van der Waals surface area contributed by atoms with Crippen LogP contribution in [0.4, 0.5) is 0 Å². The molecule has 1 aliphatic rings. The molecule has 3 atom stereocenters. The zero-order valence-corrected chi connectivity index (χ0v) is 26.3. The molecule has 0 bridgehead atoms. The van der Waals surface area contributed by atoms with E-state index in [4.69, 9.17) is 0 Å². The molecule has 1 rings (SSSR count). The quantitative estimate of drug-likeness (QED) is 0.188. The van der Waals surface area contributed by atoms with E-state index in [1.54, 1.807) is 27.7 Å². The third-order valence-electron chi connectivity index (χ3n) is 5.74. The van der Waals surface area contributed by atoms with Crippen LogP contribution in [0.15, 0.2) is 0 Å². The van der Waals surface area contributed by atoms with E-state index in [0.29, 0.717) is 5.41 Å². The molecule has 0 heterocycles. The van der Waals surface area contributed by atoms with Crippen molar-refractivity contribution < 1.29 is 30.1 Å². The van der Waals surface area contributed by atoms with E-state index in [1.165, 1.54) is 72.3 Å². The van der Waals surface area contributed by atoms with E-state index >= 15 is 0 Å². The van der Waals surface area contributed by atoms with Crippen molar-refractivity contribution in [1.29, 1.82) is 0 Å². The third kappa shape index (κ3) is 24.4. The predicted octanol–water partition coefficient (Wildman–Crippen LogP) is 7.14. The summed E-state index contributed by atoms with van der Waals surface area (Å²) >= 11 is 2.26. The summed E-state index contributed by atoms with van der Waals surface area (Å²) in [5.74, 6) is 1.72. The first-order valence-electron chi connectivity index (χ1n) is 12.9. The zero-order valence-electron chi connectivity index (χ0n) is 22.8. The molecule has 0 saturated heterocycles. The van der Waals surface area contributed by atoms with Crippen LogP contribution in [0.25, 0.3) is 0 Å². The summed E-state index contributed by atoms with van der Waals surface area (Å²) in [5, 5.41) is 19.1. The zero-order chi connectivity index (χ0) is 24.9. The number of hydrogen-bond donors (Lipinski definition) is 0. The minimum absolute atomic E-state index is 0.417. The van der Waals surface area contributed by atoms with Crippen molar-refractivity contribution in [1.82, 2.24) is 0 Å². The van der Waals surface area contributed by atoms with Gasteiger partial charge in [-0.2, -0.15) is 0 Å². The first-order chi connectivity index (χ1) is 14.4. The fourth-order valence-electron chi connectivity index (χ4n) is 3.98. The molecular formula is C26H57O2P2Ti. The minimum atomic E-state index is -0.417. The monoisotopic (exact) mass is 511 g/mol. The molecule has 1 fully saturated rings. The van der Waals surface area contributed by atoms with Gasteiger partial charge in [0.05, 0.1) is 0 Å². The third-order valence-corrected chi connectivity index (χ3v) is 9.23. The van der Waals surface area contributed by atoms with Gasteiger partial charge in [0.2, 0.25) is 0 Å². The molecule has 0 aromatic rings. The summed E-state index contributed by atoms with van der Waals surface area (Å²) in [5.41, 5.74) is 1.71. The molecule has 1 saturated carbocycles. The van der Waals surface area contributed by atoms with Crippen LogP contribution in [-0.4, -0.2) is 30.2 Å². The number of hydrogen-bond acceptors (Lipinski definition) is 2. The van der Waals surface area contributed by atoms with Crippen molar-refractivity contribution in [2.24, 2.45) is 17.3 Å². The van der Waals surface area contributed by atoms with E-state index < -0.39 is 12.2 Å². The van der Waals surface area contributed by atoms with E-state index in [9.17, 15) is 10.2 Å². The van der Waals surface area contributed by atoms with Crippen LogP contribution in [0.1, 0.15) is 121 Å². The molecule has 0 aromatic heterocycles. The molecule has 1 aliphatic carbocycles. The van der Waals surface area contributed by atoms with Crippen molar-refractivity contribution in [3.63, 3.8) is 0 Å². The first-order valence-corrected chi connectivity index (χ1v) is 17.7. The fraction of sp³-hybridized carbons (Fsp3) is 1.00. The molecule has 2 nitrogen and oxygen atoms in total. The molecule has 187 valence electrons. The number of rotatable bonds is 9. The van der Waals surface area contributed by atoms with E-state index in [1.807, 2.05) is 0 Å². The van der Waals surface area contributed by atoms with Crippen molar-refractivity contribution >= 4 is 15.2 Å². The summed E-state index contributed by atoms with van der Waals surface area (Å²) in [6.07, 6.45) is 13.7. The van der Waals surface area contributed by atoms with Gasteiger partial charge in [0.15, 0.2) is 0 Å². The van der Waals surface area contributed by atoms with Gasteiger partial charge >= 0.3 is 52.4 Å². The van der Waals surface area contributed by atoms with Gasteiger partial charge in [0, 0.05) is 0 Å². The summed E-state index contributed by atoms with van der Waals surface area (Å²) < 4.78 is 0. The van der Waals surface area contributed by atoms with Crippen LogP contribution in [-0.2, 0) is 19.9 Å². The molecule has 0 N–H and O–H groups in total. The molecular weight excluding hydrogens is 454 g/mol. The Morgan fingerprint density at radius 2 is 1.26 bits per heavy atom. The van der Waals surface area contributed by atoms with Crippen LogP contribution >= 0.6 is 15.2 Å².